The quantitative estimate of drug-likeness (QED) is 0.566. The highest BCUT2D eigenvalue weighted by molar-refractivity contribution is 5.83. The topological polar surface area (TPSA) is 67.8 Å². The van der Waals surface area contributed by atoms with Gasteiger partial charge in [-0.1, -0.05) is 6.92 Å². The van der Waals surface area contributed by atoms with Gasteiger partial charge in [0.15, 0.2) is 0 Å². The third-order valence-corrected chi connectivity index (χ3v) is 2.68. The standard InChI is InChI=1S/C10H19NO4/c1-2-10(7-15-8-10)9(13)11-3-5-14-6-4-12/h12H,2-8H2,1H3,(H,11,13). The van der Waals surface area contributed by atoms with Crippen LogP contribution in [0.5, 0.6) is 0 Å². The molecule has 0 aromatic carbocycles. The lowest BCUT2D eigenvalue weighted by Gasteiger charge is -2.38. The summed E-state index contributed by atoms with van der Waals surface area (Å²) in [6.07, 6.45) is 0.802. The van der Waals surface area contributed by atoms with Gasteiger partial charge in [-0.2, -0.15) is 0 Å². The van der Waals surface area contributed by atoms with Gasteiger partial charge in [-0.25, -0.2) is 0 Å². The van der Waals surface area contributed by atoms with Crippen LogP contribution in [0, 0.1) is 5.41 Å². The highest BCUT2D eigenvalue weighted by atomic mass is 16.5. The lowest BCUT2D eigenvalue weighted by Crippen LogP contribution is -2.54. The summed E-state index contributed by atoms with van der Waals surface area (Å²) < 4.78 is 10.1. The second-order valence-corrected chi connectivity index (χ2v) is 3.72. The fraction of sp³-hybridized carbons (Fsp3) is 0.900. The first-order valence-corrected chi connectivity index (χ1v) is 5.30. The highest BCUT2D eigenvalue weighted by Gasteiger charge is 2.43. The predicted octanol–water partition coefficient (Wildman–Crippen LogP) is -0.462. The van der Waals surface area contributed by atoms with Crippen LogP contribution < -0.4 is 5.32 Å². The molecule has 2 N–H and O–H groups in total. The Bertz CT molecular complexity index is 198. The fourth-order valence-electron chi connectivity index (χ4n) is 1.44. The third-order valence-electron chi connectivity index (χ3n) is 2.68. The van der Waals surface area contributed by atoms with E-state index in [0.717, 1.165) is 6.42 Å². The molecule has 0 aromatic heterocycles. The number of hydrogen-bond acceptors (Lipinski definition) is 4. The minimum atomic E-state index is -0.309. The number of carbonyl (C=O) groups is 1. The number of nitrogens with one attached hydrogen (secondary N) is 1. The summed E-state index contributed by atoms with van der Waals surface area (Å²) in [5.74, 6) is 0.0452. The molecule has 0 aromatic rings. The number of rotatable bonds is 7. The van der Waals surface area contributed by atoms with E-state index in [2.05, 4.69) is 5.32 Å². The van der Waals surface area contributed by atoms with Crippen LogP contribution in [0.2, 0.25) is 0 Å². The van der Waals surface area contributed by atoms with Crippen molar-refractivity contribution in [1.82, 2.24) is 5.32 Å². The van der Waals surface area contributed by atoms with Gasteiger partial charge in [-0.15, -0.1) is 0 Å². The number of aliphatic hydroxyl groups excluding tert-OH is 1. The first-order chi connectivity index (χ1) is 7.25. The van der Waals surface area contributed by atoms with Crippen LogP contribution in [0.4, 0.5) is 0 Å². The first-order valence-electron chi connectivity index (χ1n) is 5.30. The summed E-state index contributed by atoms with van der Waals surface area (Å²) in [4.78, 5) is 11.7. The Morgan fingerprint density at radius 1 is 1.53 bits per heavy atom. The number of ether oxygens (including phenoxy) is 2. The molecule has 15 heavy (non-hydrogen) atoms. The molecule has 1 fully saturated rings. The molecule has 1 aliphatic rings. The molecule has 0 unspecified atom stereocenters. The van der Waals surface area contributed by atoms with Crippen molar-refractivity contribution in [2.45, 2.75) is 13.3 Å². The molecule has 5 nitrogen and oxygen atoms in total. The first kappa shape index (κ1) is 12.4. The van der Waals surface area contributed by atoms with Crippen LogP contribution in [0.15, 0.2) is 0 Å². The number of aliphatic hydroxyl groups is 1. The minimum Gasteiger partial charge on any atom is -0.394 e. The molecule has 0 saturated carbocycles. The smallest absolute Gasteiger partial charge is 0.230 e. The van der Waals surface area contributed by atoms with Gasteiger partial charge in [0.05, 0.1) is 38.4 Å². The maximum absolute atomic E-state index is 11.7. The second-order valence-electron chi connectivity index (χ2n) is 3.72. The Morgan fingerprint density at radius 2 is 2.27 bits per heavy atom. The van der Waals surface area contributed by atoms with Crippen molar-refractivity contribution in [2.75, 3.05) is 39.6 Å². The summed E-state index contributed by atoms with van der Waals surface area (Å²) in [6.45, 7) is 4.29. The largest absolute Gasteiger partial charge is 0.394 e. The molecule has 1 heterocycles. The van der Waals surface area contributed by atoms with Crippen molar-refractivity contribution >= 4 is 5.91 Å². The van der Waals surface area contributed by atoms with E-state index in [1.165, 1.54) is 0 Å². The van der Waals surface area contributed by atoms with E-state index in [9.17, 15) is 4.79 Å². The second kappa shape index (κ2) is 6.05. The van der Waals surface area contributed by atoms with Gasteiger partial charge in [0.1, 0.15) is 0 Å². The SMILES string of the molecule is CCC1(C(=O)NCCOCCO)COC1. The van der Waals surface area contributed by atoms with Crippen molar-refractivity contribution in [1.29, 1.82) is 0 Å². The molecule has 88 valence electrons. The Balaban J connectivity index is 2.12. The van der Waals surface area contributed by atoms with Crippen molar-refractivity contribution < 1.29 is 19.4 Å². The summed E-state index contributed by atoms with van der Waals surface area (Å²) in [5.41, 5.74) is -0.309. The van der Waals surface area contributed by atoms with Gasteiger partial charge in [0.25, 0.3) is 0 Å². The van der Waals surface area contributed by atoms with Gasteiger partial charge < -0.3 is 19.9 Å². The Hall–Kier alpha value is -0.650. The average molecular weight is 217 g/mol. The number of carbonyl (C=O) groups excluding carboxylic acids is 1. The normalized spacial score (nSPS) is 18.3. The summed E-state index contributed by atoms with van der Waals surface area (Å²) in [7, 11) is 0. The average Bonchev–Trinajstić information content (AvgIpc) is 2.17. The number of amides is 1. The zero-order valence-corrected chi connectivity index (χ0v) is 9.12. The zero-order chi connectivity index (χ0) is 11.1. The van der Waals surface area contributed by atoms with Gasteiger partial charge in [-0.05, 0) is 6.42 Å². The van der Waals surface area contributed by atoms with Crippen LogP contribution in [0.3, 0.4) is 0 Å². The molecule has 0 bridgehead atoms. The third kappa shape index (κ3) is 3.15. The van der Waals surface area contributed by atoms with Gasteiger partial charge in [0.2, 0.25) is 5.91 Å². The lowest BCUT2D eigenvalue weighted by molar-refractivity contribution is -0.162. The monoisotopic (exact) mass is 217 g/mol. The molecule has 0 spiro atoms. The molecule has 0 radical (unpaired) electrons. The molecule has 1 saturated heterocycles. The van der Waals surface area contributed by atoms with Crippen molar-refractivity contribution in [3.63, 3.8) is 0 Å². The van der Waals surface area contributed by atoms with Crippen molar-refractivity contribution in [2.24, 2.45) is 5.41 Å². The molecule has 1 amide bonds. The molecular weight excluding hydrogens is 198 g/mol. The van der Waals surface area contributed by atoms with Crippen LogP contribution in [-0.4, -0.2) is 50.6 Å². The fourth-order valence-corrected chi connectivity index (χ4v) is 1.44. The predicted molar refractivity (Wildman–Crippen MR) is 54.5 cm³/mol. The van der Waals surface area contributed by atoms with E-state index in [1.807, 2.05) is 6.92 Å². The summed E-state index contributed by atoms with van der Waals surface area (Å²) in [5, 5.41) is 11.3. The van der Waals surface area contributed by atoms with Crippen molar-refractivity contribution in [3.05, 3.63) is 0 Å². The maximum atomic E-state index is 11.7. The van der Waals surface area contributed by atoms with Crippen LogP contribution in [-0.2, 0) is 14.3 Å². The molecular formula is C10H19NO4. The summed E-state index contributed by atoms with van der Waals surface area (Å²) >= 11 is 0. The minimum absolute atomic E-state index is 0.0146. The van der Waals surface area contributed by atoms with E-state index in [4.69, 9.17) is 14.6 Å². The molecule has 0 atom stereocenters. The van der Waals surface area contributed by atoms with Gasteiger partial charge in [-0.3, -0.25) is 4.79 Å². The summed E-state index contributed by atoms with van der Waals surface area (Å²) in [6, 6.07) is 0. The van der Waals surface area contributed by atoms with Crippen LogP contribution in [0.1, 0.15) is 13.3 Å². The molecule has 1 aliphatic heterocycles. The van der Waals surface area contributed by atoms with Crippen LogP contribution in [0.25, 0.3) is 0 Å². The highest BCUT2D eigenvalue weighted by Crippen LogP contribution is 2.31. The van der Waals surface area contributed by atoms with Gasteiger partial charge in [0, 0.05) is 6.54 Å². The van der Waals surface area contributed by atoms with Crippen LogP contribution >= 0.6 is 0 Å². The van der Waals surface area contributed by atoms with Crippen molar-refractivity contribution in [3.8, 4) is 0 Å². The number of hydrogen-bond donors (Lipinski definition) is 2. The van der Waals surface area contributed by atoms with E-state index < -0.39 is 0 Å². The molecule has 1 rings (SSSR count). The Labute approximate surface area is 89.8 Å². The van der Waals surface area contributed by atoms with E-state index in [0.29, 0.717) is 33.0 Å². The molecule has 5 heteroatoms. The van der Waals surface area contributed by atoms with Gasteiger partial charge >= 0.3 is 0 Å². The lowest BCUT2D eigenvalue weighted by atomic mass is 9.82. The maximum Gasteiger partial charge on any atom is 0.230 e. The van der Waals surface area contributed by atoms with E-state index in [1.54, 1.807) is 0 Å². The Kier molecular flexibility index (Phi) is 5.01. The zero-order valence-electron chi connectivity index (χ0n) is 9.12. The van der Waals surface area contributed by atoms with E-state index >= 15 is 0 Å². The Morgan fingerprint density at radius 3 is 2.73 bits per heavy atom. The molecule has 0 aliphatic carbocycles. The van der Waals surface area contributed by atoms with E-state index in [-0.39, 0.29) is 17.9 Å².